The molecule has 0 bridgehead atoms. The standard InChI is InChI=1S/C65H128NO8P/c1-6-8-10-12-14-16-18-20-21-22-23-24-25-26-27-28-29-30-31-32-33-34-35-36-37-38-39-40-41-42-43-44-45-46-48-50-52-54-56-58-65(68)74-63(62-73-75(69,70)72-60-59-66(3,4)5)61-71-64(67)57-55-53-51-49-47-19-17-15-13-11-9-7-2/h22-23,63H,6-21,24-62H2,1-5H3/p+1/b23-22-. The number of carbonyl (C=O) groups excluding carboxylic acids is 2. The fourth-order valence-electron chi connectivity index (χ4n) is 9.96. The second-order valence-electron chi connectivity index (χ2n) is 23.9. The highest BCUT2D eigenvalue weighted by atomic mass is 31.2. The number of phosphoric ester groups is 1. The highest BCUT2D eigenvalue weighted by Gasteiger charge is 2.27. The molecule has 0 radical (unpaired) electrons. The van der Waals surface area contributed by atoms with E-state index in [1.807, 2.05) is 21.1 Å². The highest BCUT2D eigenvalue weighted by Crippen LogP contribution is 2.43. The summed E-state index contributed by atoms with van der Waals surface area (Å²) in [5.74, 6) is -0.777. The second kappa shape index (κ2) is 57.4. The Morgan fingerprint density at radius 1 is 0.400 bits per heavy atom. The Bertz CT molecular complexity index is 1270. The number of hydrogen-bond acceptors (Lipinski definition) is 7. The zero-order chi connectivity index (χ0) is 54.9. The van der Waals surface area contributed by atoms with Crippen LogP contribution >= 0.6 is 7.82 Å². The van der Waals surface area contributed by atoms with Crippen molar-refractivity contribution >= 4 is 19.8 Å². The van der Waals surface area contributed by atoms with Crippen molar-refractivity contribution < 1.29 is 42.1 Å². The van der Waals surface area contributed by atoms with Crippen molar-refractivity contribution in [2.45, 2.75) is 347 Å². The molecule has 10 heteroatoms. The normalized spacial score (nSPS) is 13.2. The van der Waals surface area contributed by atoms with Crippen molar-refractivity contribution in [1.82, 2.24) is 0 Å². The smallest absolute Gasteiger partial charge is 0.462 e. The molecule has 0 amide bonds. The molecule has 0 fully saturated rings. The van der Waals surface area contributed by atoms with E-state index in [9.17, 15) is 19.0 Å². The Morgan fingerprint density at radius 2 is 0.680 bits per heavy atom. The van der Waals surface area contributed by atoms with Crippen molar-refractivity contribution in [3.8, 4) is 0 Å². The summed E-state index contributed by atoms with van der Waals surface area (Å²) >= 11 is 0. The number of hydrogen-bond donors (Lipinski definition) is 1. The average molecular weight is 1080 g/mol. The third kappa shape index (κ3) is 61.8. The first kappa shape index (κ1) is 73.8. The topological polar surface area (TPSA) is 108 Å². The Hall–Kier alpha value is -1.25. The lowest BCUT2D eigenvalue weighted by Crippen LogP contribution is -2.37. The molecule has 0 aliphatic heterocycles. The molecule has 446 valence electrons. The van der Waals surface area contributed by atoms with E-state index in [4.69, 9.17) is 18.5 Å². The van der Waals surface area contributed by atoms with Gasteiger partial charge in [0.2, 0.25) is 0 Å². The highest BCUT2D eigenvalue weighted by molar-refractivity contribution is 7.47. The van der Waals surface area contributed by atoms with Gasteiger partial charge >= 0.3 is 19.8 Å². The van der Waals surface area contributed by atoms with Crippen LogP contribution in [0.15, 0.2) is 12.2 Å². The zero-order valence-corrected chi connectivity index (χ0v) is 51.7. The Morgan fingerprint density at radius 3 is 0.987 bits per heavy atom. The fourth-order valence-corrected chi connectivity index (χ4v) is 10.7. The molecule has 0 aromatic rings. The zero-order valence-electron chi connectivity index (χ0n) is 50.8. The van der Waals surface area contributed by atoms with Crippen LogP contribution in [0.1, 0.15) is 341 Å². The largest absolute Gasteiger partial charge is 0.472 e. The van der Waals surface area contributed by atoms with Crippen molar-refractivity contribution in [2.75, 3.05) is 47.5 Å². The summed E-state index contributed by atoms with van der Waals surface area (Å²) in [7, 11) is 1.50. The second-order valence-corrected chi connectivity index (χ2v) is 25.3. The third-order valence-corrected chi connectivity index (χ3v) is 16.0. The van der Waals surface area contributed by atoms with Gasteiger partial charge in [-0.2, -0.15) is 0 Å². The van der Waals surface area contributed by atoms with Gasteiger partial charge in [0.15, 0.2) is 6.10 Å². The van der Waals surface area contributed by atoms with Crippen LogP contribution in [0.4, 0.5) is 0 Å². The van der Waals surface area contributed by atoms with Crippen LogP contribution in [0.5, 0.6) is 0 Å². The predicted octanol–water partition coefficient (Wildman–Crippen LogP) is 20.8. The lowest BCUT2D eigenvalue weighted by molar-refractivity contribution is -0.870. The van der Waals surface area contributed by atoms with Crippen LogP contribution in [0.25, 0.3) is 0 Å². The van der Waals surface area contributed by atoms with Gasteiger partial charge in [0.1, 0.15) is 19.8 Å². The number of quaternary nitrogens is 1. The van der Waals surface area contributed by atoms with Crippen LogP contribution in [-0.4, -0.2) is 74.9 Å². The van der Waals surface area contributed by atoms with Gasteiger partial charge < -0.3 is 18.9 Å². The van der Waals surface area contributed by atoms with Crippen LogP contribution < -0.4 is 0 Å². The summed E-state index contributed by atoms with van der Waals surface area (Å²) in [6.07, 6.45) is 69.1. The number of rotatable bonds is 62. The maximum Gasteiger partial charge on any atom is 0.472 e. The number of carbonyl (C=O) groups is 2. The van der Waals surface area contributed by atoms with Crippen LogP contribution in [-0.2, 0) is 32.7 Å². The van der Waals surface area contributed by atoms with E-state index in [1.165, 1.54) is 276 Å². The van der Waals surface area contributed by atoms with Crippen molar-refractivity contribution in [2.24, 2.45) is 0 Å². The maximum absolute atomic E-state index is 12.8. The van der Waals surface area contributed by atoms with Crippen LogP contribution in [0.2, 0.25) is 0 Å². The number of allylic oxidation sites excluding steroid dienone is 2. The van der Waals surface area contributed by atoms with Gasteiger partial charge in [-0.1, -0.05) is 302 Å². The summed E-state index contributed by atoms with van der Waals surface area (Å²) in [5, 5.41) is 0. The van der Waals surface area contributed by atoms with Gasteiger partial charge in [0.05, 0.1) is 27.7 Å². The molecule has 0 spiro atoms. The quantitative estimate of drug-likeness (QED) is 0.0211. The van der Waals surface area contributed by atoms with Gasteiger partial charge in [-0.25, -0.2) is 4.57 Å². The minimum atomic E-state index is -4.38. The molecule has 9 nitrogen and oxygen atoms in total. The predicted molar refractivity (Wildman–Crippen MR) is 321 cm³/mol. The van der Waals surface area contributed by atoms with E-state index in [0.717, 1.165) is 38.5 Å². The third-order valence-electron chi connectivity index (χ3n) is 15.0. The Labute approximate surface area is 466 Å². The number of nitrogens with zero attached hydrogens (tertiary/aromatic N) is 1. The fraction of sp³-hybridized carbons (Fsp3) is 0.938. The SMILES string of the molecule is CCCCCCCCCC/C=C\CCCCCCCCCCCCCCCCCCCCCCCCCCCCCC(=O)OC(COC(=O)CCCCCCCCCCCCCC)COP(=O)(O)OCC[N+](C)(C)C. The molecule has 2 unspecified atom stereocenters. The van der Waals surface area contributed by atoms with Crippen molar-refractivity contribution in [1.29, 1.82) is 0 Å². The number of unbranched alkanes of at least 4 members (excludes halogenated alkanes) is 46. The monoisotopic (exact) mass is 1080 g/mol. The molecule has 0 saturated heterocycles. The number of likely N-dealkylation sites (N-methyl/N-ethyl adjacent to an activating group) is 1. The van der Waals surface area contributed by atoms with Gasteiger partial charge in [-0.15, -0.1) is 0 Å². The Kier molecular flexibility index (Phi) is 56.5. The molecule has 0 aromatic carbocycles. The first-order valence-corrected chi connectivity index (χ1v) is 34.4. The molecular formula is C65H129NO8P+. The van der Waals surface area contributed by atoms with Crippen LogP contribution in [0, 0.1) is 0 Å². The molecule has 0 rings (SSSR count). The number of phosphoric acid groups is 1. The van der Waals surface area contributed by atoms with E-state index in [0.29, 0.717) is 17.4 Å². The molecule has 0 saturated carbocycles. The summed E-state index contributed by atoms with van der Waals surface area (Å²) in [4.78, 5) is 35.6. The van der Waals surface area contributed by atoms with Crippen LogP contribution in [0.3, 0.4) is 0 Å². The minimum absolute atomic E-state index is 0.0366. The van der Waals surface area contributed by atoms with E-state index in [1.54, 1.807) is 0 Å². The van der Waals surface area contributed by atoms with Gasteiger partial charge in [0.25, 0.3) is 0 Å². The average Bonchev–Trinajstić information content (AvgIpc) is 3.37. The van der Waals surface area contributed by atoms with Gasteiger partial charge in [-0.3, -0.25) is 18.6 Å². The lowest BCUT2D eigenvalue weighted by Gasteiger charge is -2.24. The maximum atomic E-state index is 12.8. The minimum Gasteiger partial charge on any atom is -0.462 e. The molecule has 1 N–H and O–H groups in total. The molecule has 0 heterocycles. The number of ether oxygens (including phenoxy) is 2. The molecule has 0 aliphatic carbocycles. The summed E-state index contributed by atoms with van der Waals surface area (Å²) in [5.41, 5.74) is 0. The summed E-state index contributed by atoms with van der Waals surface area (Å²) in [6, 6.07) is 0. The molecule has 2 atom stereocenters. The Balaban J connectivity index is 3.82. The lowest BCUT2D eigenvalue weighted by atomic mass is 10.0. The van der Waals surface area contributed by atoms with E-state index in [2.05, 4.69) is 26.0 Å². The molecule has 75 heavy (non-hydrogen) atoms. The number of esters is 2. The van der Waals surface area contributed by atoms with Gasteiger partial charge in [-0.05, 0) is 38.5 Å². The molecular weight excluding hydrogens is 954 g/mol. The first-order chi connectivity index (χ1) is 36.5. The first-order valence-electron chi connectivity index (χ1n) is 32.9. The van der Waals surface area contributed by atoms with Gasteiger partial charge in [0, 0.05) is 12.8 Å². The summed E-state index contributed by atoms with van der Waals surface area (Å²) in [6.45, 7) is 4.48. The van der Waals surface area contributed by atoms with E-state index in [-0.39, 0.29) is 25.6 Å². The van der Waals surface area contributed by atoms with E-state index < -0.39 is 26.5 Å². The van der Waals surface area contributed by atoms with E-state index >= 15 is 0 Å². The van der Waals surface area contributed by atoms with Crippen molar-refractivity contribution in [3.63, 3.8) is 0 Å². The summed E-state index contributed by atoms with van der Waals surface area (Å²) < 4.78 is 34.6. The van der Waals surface area contributed by atoms with Crippen molar-refractivity contribution in [3.05, 3.63) is 12.2 Å². The molecule has 0 aliphatic rings. The molecule has 0 aromatic heterocycles.